The van der Waals surface area contributed by atoms with Crippen molar-refractivity contribution in [1.82, 2.24) is 14.9 Å². The molecule has 1 aliphatic heterocycles. The summed E-state index contributed by atoms with van der Waals surface area (Å²) in [6.07, 6.45) is 0.605. The highest BCUT2D eigenvalue weighted by molar-refractivity contribution is 5.68. The van der Waals surface area contributed by atoms with Crippen LogP contribution in [0.1, 0.15) is 31.9 Å². The van der Waals surface area contributed by atoms with Crippen LogP contribution in [0.3, 0.4) is 0 Å². The van der Waals surface area contributed by atoms with Crippen molar-refractivity contribution in [2.75, 3.05) is 31.1 Å². The van der Waals surface area contributed by atoms with Gasteiger partial charge in [0.15, 0.2) is 0 Å². The molecule has 0 aliphatic carbocycles. The number of nitriles is 1. The number of halogens is 2. The summed E-state index contributed by atoms with van der Waals surface area (Å²) in [6.45, 7) is 6.85. The molecule has 1 aromatic carbocycles. The molecule has 0 bridgehead atoms. The van der Waals surface area contributed by atoms with Crippen molar-refractivity contribution in [2.24, 2.45) is 0 Å². The molecule has 1 aliphatic rings. The van der Waals surface area contributed by atoms with E-state index in [0.717, 1.165) is 12.3 Å². The lowest BCUT2D eigenvalue weighted by atomic mass is 10.1. The van der Waals surface area contributed by atoms with Crippen molar-refractivity contribution < 1.29 is 23.0 Å². The van der Waals surface area contributed by atoms with Crippen LogP contribution < -0.4 is 9.64 Å². The second kappa shape index (κ2) is 9.12. The van der Waals surface area contributed by atoms with Crippen molar-refractivity contribution >= 4 is 12.0 Å². The fourth-order valence-corrected chi connectivity index (χ4v) is 2.89. The van der Waals surface area contributed by atoms with Gasteiger partial charge in [-0.25, -0.2) is 14.2 Å². The van der Waals surface area contributed by atoms with Gasteiger partial charge in [-0.3, -0.25) is 0 Å². The number of carbonyl (C=O) groups is 1. The Kier molecular flexibility index (Phi) is 6.53. The average Bonchev–Trinajstić information content (AvgIpc) is 2.72. The van der Waals surface area contributed by atoms with Crippen LogP contribution >= 0.6 is 0 Å². The Labute approximate surface area is 179 Å². The van der Waals surface area contributed by atoms with Crippen LogP contribution in [0.25, 0.3) is 0 Å². The number of rotatable bonds is 4. The Bertz CT molecular complexity index is 995. The average molecular weight is 431 g/mol. The molecule has 31 heavy (non-hydrogen) atoms. The van der Waals surface area contributed by atoms with Crippen LogP contribution in [0.4, 0.5) is 19.5 Å². The molecule has 1 saturated heterocycles. The lowest BCUT2D eigenvalue weighted by Crippen LogP contribution is -2.50. The van der Waals surface area contributed by atoms with Crippen LogP contribution in [0.5, 0.6) is 5.88 Å². The number of hydrogen-bond acceptors (Lipinski definition) is 7. The van der Waals surface area contributed by atoms with E-state index in [9.17, 15) is 13.6 Å². The molecular formula is C21H23F2N5O3. The van der Waals surface area contributed by atoms with Crippen molar-refractivity contribution in [3.05, 3.63) is 47.2 Å². The molecule has 1 amide bonds. The Morgan fingerprint density at radius 2 is 1.90 bits per heavy atom. The number of aromatic nitrogens is 2. The zero-order valence-electron chi connectivity index (χ0n) is 17.6. The fraction of sp³-hybridized carbons (Fsp3) is 0.429. The first-order chi connectivity index (χ1) is 14.7. The fourth-order valence-electron chi connectivity index (χ4n) is 2.89. The smallest absolute Gasteiger partial charge is 0.410 e. The summed E-state index contributed by atoms with van der Waals surface area (Å²) in [5, 5.41) is 8.80. The number of piperazine rings is 1. The lowest BCUT2D eigenvalue weighted by Gasteiger charge is -2.35. The minimum absolute atomic E-state index is 0.171. The summed E-state index contributed by atoms with van der Waals surface area (Å²) in [6, 6.07) is 5.79. The molecule has 2 aromatic rings. The molecule has 8 nitrogen and oxygen atoms in total. The van der Waals surface area contributed by atoms with E-state index in [-0.39, 0.29) is 35.7 Å². The maximum Gasteiger partial charge on any atom is 0.410 e. The van der Waals surface area contributed by atoms with Crippen molar-refractivity contribution in [1.29, 1.82) is 5.26 Å². The molecule has 0 atom stereocenters. The summed E-state index contributed by atoms with van der Waals surface area (Å²) in [7, 11) is 0. The maximum atomic E-state index is 14.1. The SMILES string of the molecule is CC(C)(C)OC(=O)N1CCN(c2ncc(F)c(OCc3ccc(C#N)cc3F)n2)CC1. The Morgan fingerprint density at radius 1 is 1.19 bits per heavy atom. The highest BCUT2D eigenvalue weighted by Gasteiger charge is 2.27. The molecule has 10 heteroatoms. The predicted molar refractivity (Wildman–Crippen MR) is 107 cm³/mol. The summed E-state index contributed by atoms with van der Waals surface area (Å²) < 4.78 is 38.8. The first-order valence-electron chi connectivity index (χ1n) is 9.73. The van der Waals surface area contributed by atoms with Crippen LogP contribution in [0, 0.1) is 23.0 Å². The standard InChI is InChI=1S/C21H23F2N5O3/c1-21(2,3)31-20(29)28-8-6-27(7-9-28)19-25-12-17(23)18(26-19)30-13-15-5-4-14(11-24)10-16(15)22/h4-5,10,12H,6-9,13H2,1-3H3. The van der Waals surface area contributed by atoms with Gasteiger partial charge in [-0.15, -0.1) is 0 Å². The Morgan fingerprint density at radius 3 is 2.52 bits per heavy atom. The van der Waals surface area contributed by atoms with Crippen molar-refractivity contribution in [3.63, 3.8) is 0 Å². The molecule has 0 saturated carbocycles. The normalized spacial score (nSPS) is 14.2. The van der Waals surface area contributed by atoms with Gasteiger partial charge in [0.25, 0.3) is 5.88 Å². The number of carbonyl (C=O) groups excluding carboxylic acids is 1. The summed E-state index contributed by atoms with van der Waals surface area (Å²) in [4.78, 5) is 23.7. The van der Waals surface area contributed by atoms with Crippen molar-refractivity contribution in [3.8, 4) is 11.9 Å². The molecule has 1 fully saturated rings. The summed E-state index contributed by atoms with van der Waals surface area (Å²) in [5.74, 6) is -1.44. The van der Waals surface area contributed by atoms with Gasteiger partial charge in [-0.1, -0.05) is 6.07 Å². The molecule has 0 N–H and O–H groups in total. The van der Waals surface area contributed by atoms with Gasteiger partial charge in [0.1, 0.15) is 18.0 Å². The van der Waals surface area contributed by atoms with Gasteiger partial charge in [-0.2, -0.15) is 14.6 Å². The third-order valence-electron chi connectivity index (χ3n) is 4.46. The molecule has 0 spiro atoms. The van der Waals surface area contributed by atoms with Crippen LogP contribution in [-0.2, 0) is 11.3 Å². The first-order valence-corrected chi connectivity index (χ1v) is 9.73. The second-order valence-electron chi connectivity index (χ2n) is 7.98. The van der Waals surface area contributed by atoms with Crippen LogP contribution in [-0.4, -0.2) is 52.7 Å². The molecule has 2 heterocycles. The van der Waals surface area contributed by atoms with E-state index in [1.165, 1.54) is 12.1 Å². The quantitative estimate of drug-likeness (QED) is 0.734. The molecule has 0 radical (unpaired) electrons. The highest BCUT2D eigenvalue weighted by atomic mass is 19.1. The largest absolute Gasteiger partial charge is 0.470 e. The van der Waals surface area contributed by atoms with Gasteiger partial charge >= 0.3 is 6.09 Å². The van der Waals surface area contributed by atoms with E-state index in [1.807, 2.05) is 6.07 Å². The second-order valence-corrected chi connectivity index (χ2v) is 7.98. The van der Waals surface area contributed by atoms with Crippen LogP contribution in [0.2, 0.25) is 0 Å². The van der Waals surface area contributed by atoms with E-state index in [1.54, 1.807) is 30.6 Å². The first kappa shape index (κ1) is 22.2. The minimum atomic E-state index is -0.773. The highest BCUT2D eigenvalue weighted by Crippen LogP contribution is 2.21. The molecule has 3 rings (SSSR count). The van der Waals surface area contributed by atoms with Gasteiger partial charge in [0.2, 0.25) is 11.8 Å². The van der Waals surface area contributed by atoms with E-state index in [2.05, 4.69) is 9.97 Å². The third-order valence-corrected chi connectivity index (χ3v) is 4.46. The molecule has 0 unspecified atom stereocenters. The van der Waals surface area contributed by atoms with E-state index >= 15 is 0 Å². The van der Waals surface area contributed by atoms with E-state index in [4.69, 9.17) is 14.7 Å². The number of amides is 1. The topological polar surface area (TPSA) is 91.6 Å². The lowest BCUT2D eigenvalue weighted by molar-refractivity contribution is 0.0240. The van der Waals surface area contributed by atoms with Gasteiger partial charge in [0, 0.05) is 31.7 Å². The maximum absolute atomic E-state index is 14.1. The zero-order valence-corrected chi connectivity index (χ0v) is 17.6. The van der Waals surface area contributed by atoms with Gasteiger partial charge in [0.05, 0.1) is 17.8 Å². The zero-order chi connectivity index (χ0) is 22.6. The van der Waals surface area contributed by atoms with Gasteiger partial charge < -0.3 is 19.3 Å². The number of anilines is 1. The molecule has 164 valence electrons. The summed E-state index contributed by atoms with van der Waals surface area (Å²) >= 11 is 0. The van der Waals surface area contributed by atoms with E-state index < -0.39 is 17.2 Å². The number of hydrogen-bond donors (Lipinski definition) is 0. The van der Waals surface area contributed by atoms with Crippen LogP contribution in [0.15, 0.2) is 24.4 Å². The Hall–Kier alpha value is -3.48. The van der Waals surface area contributed by atoms with E-state index in [0.29, 0.717) is 26.2 Å². The Balaban J connectivity index is 1.63. The number of nitrogens with zero attached hydrogens (tertiary/aromatic N) is 5. The minimum Gasteiger partial charge on any atom is -0.470 e. The third kappa shape index (κ3) is 5.78. The number of benzene rings is 1. The predicted octanol–water partition coefficient (Wildman–Crippen LogP) is 3.26. The van der Waals surface area contributed by atoms with Gasteiger partial charge in [-0.05, 0) is 32.9 Å². The summed E-state index contributed by atoms with van der Waals surface area (Å²) in [5.41, 5.74) is -0.221. The number of ether oxygens (including phenoxy) is 2. The molecular weight excluding hydrogens is 408 g/mol. The van der Waals surface area contributed by atoms with Crippen molar-refractivity contribution in [2.45, 2.75) is 33.0 Å². The molecule has 1 aromatic heterocycles. The monoisotopic (exact) mass is 431 g/mol.